The SMILES string of the molecule is CCc1ccc(N(CCCC(=O)N(Cc2ccc(C)cc2)[C@@H](CC)C(=O)NC(C)C)S(C)(=O)=O)cc1. The first kappa shape index (κ1) is 29.4. The van der Waals surface area contributed by atoms with Crippen molar-refractivity contribution in [1.82, 2.24) is 10.2 Å². The predicted octanol–water partition coefficient (Wildman–Crippen LogP) is 4.44. The van der Waals surface area contributed by atoms with Crippen LogP contribution in [0.5, 0.6) is 0 Å². The van der Waals surface area contributed by atoms with Crippen LogP contribution in [0.2, 0.25) is 0 Å². The number of benzene rings is 2. The van der Waals surface area contributed by atoms with Gasteiger partial charge in [0.1, 0.15) is 6.04 Å². The van der Waals surface area contributed by atoms with E-state index in [1.54, 1.807) is 17.0 Å². The fourth-order valence-corrected chi connectivity index (χ4v) is 5.06. The third kappa shape index (κ3) is 8.66. The minimum atomic E-state index is -3.51. The van der Waals surface area contributed by atoms with Crippen molar-refractivity contribution >= 4 is 27.5 Å². The quantitative estimate of drug-likeness (QED) is 0.427. The van der Waals surface area contributed by atoms with Gasteiger partial charge in [-0.2, -0.15) is 0 Å². The third-order valence-electron chi connectivity index (χ3n) is 6.08. The van der Waals surface area contributed by atoms with Gasteiger partial charge in [0.05, 0.1) is 11.9 Å². The largest absolute Gasteiger partial charge is 0.352 e. The van der Waals surface area contributed by atoms with E-state index in [2.05, 4.69) is 5.32 Å². The molecule has 2 rings (SSSR count). The van der Waals surface area contributed by atoms with Gasteiger partial charge in [-0.3, -0.25) is 13.9 Å². The molecule has 0 saturated carbocycles. The lowest BCUT2D eigenvalue weighted by atomic mass is 10.1. The van der Waals surface area contributed by atoms with Gasteiger partial charge in [-0.15, -0.1) is 0 Å². The lowest BCUT2D eigenvalue weighted by Gasteiger charge is -2.31. The zero-order chi connectivity index (χ0) is 26.9. The molecule has 1 atom stereocenters. The van der Waals surface area contributed by atoms with Gasteiger partial charge >= 0.3 is 0 Å². The normalized spacial score (nSPS) is 12.3. The first-order valence-electron chi connectivity index (χ1n) is 12.7. The number of nitrogens with one attached hydrogen (secondary N) is 1. The number of nitrogens with zero attached hydrogens (tertiary/aromatic N) is 2. The Balaban J connectivity index is 2.20. The van der Waals surface area contributed by atoms with Crippen molar-refractivity contribution < 1.29 is 18.0 Å². The summed E-state index contributed by atoms with van der Waals surface area (Å²) in [5.74, 6) is -0.349. The second-order valence-electron chi connectivity index (χ2n) is 9.55. The van der Waals surface area contributed by atoms with Crippen molar-refractivity contribution in [2.75, 3.05) is 17.1 Å². The minimum Gasteiger partial charge on any atom is -0.352 e. The van der Waals surface area contributed by atoms with Gasteiger partial charge in [0, 0.05) is 25.6 Å². The molecule has 8 heteroatoms. The Labute approximate surface area is 216 Å². The summed E-state index contributed by atoms with van der Waals surface area (Å²) in [7, 11) is -3.51. The van der Waals surface area contributed by atoms with Crippen LogP contribution in [-0.2, 0) is 32.6 Å². The number of carbonyl (C=O) groups is 2. The van der Waals surface area contributed by atoms with Crippen molar-refractivity contribution in [2.24, 2.45) is 0 Å². The Bertz CT molecular complexity index is 1100. The molecule has 0 aliphatic rings. The van der Waals surface area contributed by atoms with E-state index in [1.165, 1.54) is 10.6 Å². The summed E-state index contributed by atoms with van der Waals surface area (Å²) in [5, 5.41) is 2.93. The molecule has 2 amide bonds. The van der Waals surface area contributed by atoms with Crippen LogP contribution in [0.15, 0.2) is 48.5 Å². The highest BCUT2D eigenvalue weighted by Crippen LogP contribution is 2.21. The van der Waals surface area contributed by atoms with Gasteiger partial charge in [0.2, 0.25) is 21.8 Å². The zero-order valence-electron chi connectivity index (χ0n) is 22.5. The number of hydrogen-bond donors (Lipinski definition) is 1. The summed E-state index contributed by atoms with van der Waals surface area (Å²) in [5.41, 5.74) is 3.77. The second-order valence-corrected chi connectivity index (χ2v) is 11.5. The lowest BCUT2D eigenvalue weighted by Crippen LogP contribution is -2.50. The third-order valence-corrected chi connectivity index (χ3v) is 7.27. The highest BCUT2D eigenvalue weighted by atomic mass is 32.2. The number of anilines is 1. The first-order valence-corrected chi connectivity index (χ1v) is 14.5. The van der Waals surface area contributed by atoms with Crippen molar-refractivity contribution in [2.45, 2.75) is 78.9 Å². The molecule has 0 unspecified atom stereocenters. The van der Waals surface area contributed by atoms with Crippen LogP contribution < -0.4 is 9.62 Å². The Morgan fingerprint density at radius 2 is 1.53 bits per heavy atom. The highest BCUT2D eigenvalue weighted by molar-refractivity contribution is 7.92. The number of hydrogen-bond acceptors (Lipinski definition) is 4. The van der Waals surface area contributed by atoms with Crippen molar-refractivity contribution in [1.29, 1.82) is 0 Å². The summed E-state index contributed by atoms with van der Waals surface area (Å²) in [6, 6.07) is 14.7. The van der Waals surface area contributed by atoms with E-state index in [4.69, 9.17) is 0 Å². The minimum absolute atomic E-state index is 0.0368. The highest BCUT2D eigenvalue weighted by Gasteiger charge is 2.29. The average molecular weight is 516 g/mol. The molecule has 0 heterocycles. The molecule has 0 spiro atoms. The molecule has 0 aromatic heterocycles. The van der Waals surface area contributed by atoms with Crippen molar-refractivity contribution in [3.63, 3.8) is 0 Å². The first-order chi connectivity index (χ1) is 17.0. The van der Waals surface area contributed by atoms with Gasteiger partial charge in [0.15, 0.2) is 0 Å². The standard InChI is InChI=1S/C28H41N3O4S/c1-7-23-15-17-25(18-16-23)31(36(6,34)35)19-9-10-27(32)30(20-24-13-11-22(5)12-14-24)26(8-2)28(33)29-21(3)4/h11-18,21,26H,7-10,19-20H2,1-6H3,(H,29,33)/t26-/m0/s1. The molecular weight excluding hydrogens is 474 g/mol. The van der Waals surface area contributed by atoms with Gasteiger partial charge in [-0.05, 0) is 63.3 Å². The van der Waals surface area contributed by atoms with E-state index >= 15 is 0 Å². The van der Waals surface area contributed by atoms with E-state index in [0.717, 1.165) is 23.1 Å². The molecule has 0 radical (unpaired) electrons. The maximum Gasteiger partial charge on any atom is 0.243 e. The predicted molar refractivity (Wildman–Crippen MR) is 146 cm³/mol. The summed E-state index contributed by atoms with van der Waals surface area (Å²) in [4.78, 5) is 28.0. The molecule has 36 heavy (non-hydrogen) atoms. The van der Waals surface area contributed by atoms with Crippen LogP contribution in [0.3, 0.4) is 0 Å². The number of aryl methyl sites for hydroxylation is 2. The average Bonchev–Trinajstić information content (AvgIpc) is 2.81. The monoisotopic (exact) mass is 515 g/mol. The van der Waals surface area contributed by atoms with E-state index in [1.807, 2.05) is 71.0 Å². The lowest BCUT2D eigenvalue weighted by molar-refractivity contribution is -0.141. The molecule has 2 aromatic rings. The smallest absolute Gasteiger partial charge is 0.243 e. The van der Waals surface area contributed by atoms with Gasteiger partial charge in [0.25, 0.3) is 0 Å². The molecular formula is C28H41N3O4S. The molecule has 0 fully saturated rings. The topological polar surface area (TPSA) is 86.8 Å². The van der Waals surface area contributed by atoms with Gasteiger partial charge < -0.3 is 10.2 Å². The molecule has 0 bridgehead atoms. The molecule has 0 saturated heterocycles. The maximum atomic E-state index is 13.4. The van der Waals surface area contributed by atoms with Crippen LogP contribution >= 0.6 is 0 Å². The second kappa shape index (κ2) is 13.4. The van der Waals surface area contributed by atoms with Gasteiger partial charge in [-0.25, -0.2) is 8.42 Å². The molecule has 2 aromatic carbocycles. The van der Waals surface area contributed by atoms with E-state index in [9.17, 15) is 18.0 Å². The van der Waals surface area contributed by atoms with Gasteiger partial charge in [-0.1, -0.05) is 55.8 Å². The summed E-state index contributed by atoms with van der Waals surface area (Å²) < 4.78 is 26.3. The van der Waals surface area contributed by atoms with Crippen LogP contribution in [-0.4, -0.2) is 50.0 Å². The Morgan fingerprint density at radius 1 is 0.944 bits per heavy atom. The fourth-order valence-electron chi connectivity index (χ4n) is 4.09. The molecule has 0 aliphatic heterocycles. The molecule has 7 nitrogen and oxygen atoms in total. The van der Waals surface area contributed by atoms with Crippen molar-refractivity contribution in [3.8, 4) is 0 Å². The van der Waals surface area contributed by atoms with Crippen molar-refractivity contribution in [3.05, 3.63) is 65.2 Å². The van der Waals surface area contributed by atoms with Crippen LogP contribution in [0, 0.1) is 6.92 Å². The summed E-state index contributed by atoms with van der Waals surface area (Å²) in [6.07, 6.45) is 3.00. The molecule has 198 valence electrons. The van der Waals surface area contributed by atoms with E-state index < -0.39 is 16.1 Å². The molecule has 0 aliphatic carbocycles. The Hall–Kier alpha value is -2.87. The number of carbonyl (C=O) groups excluding carboxylic acids is 2. The van der Waals surface area contributed by atoms with Crippen LogP contribution in [0.1, 0.15) is 63.6 Å². The van der Waals surface area contributed by atoms with E-state index in [0.29, 0.717) is 25.1 Å². The van der Waals surface area contributed by atoms with Crippen LogP contribution in [0.4, 0.5) is 5.69 Å². The number of rotatable bonds is 13. The van der Waals surface area contributed by atoms with Crippen LogP contribution in [0.25, 0.3) is 0 Å². The Kier molecular flexibility index (Phi) is 11.0. The fraction of sp³-hybridized carbons (Fsp3) is 0.500. The number of amides is 2. The zero-order valence-corrected chi connectivity index (χ0v) is 23.3. The number of sulfonamides is 1. The molecule has 1 N–H and O–H groups in total. The maximum absolute atomic E-state index is 13.4. The summed E-state index contributed by atoms with van der Waals surface area (Å²) >= 11 is 0. The Morgan fingerprint density at radius 3 is 2.03 bits per heavy atom. The summed E-state index contributed by atoms with van der Waals surface area (Å²) in [6.45, 7) is 10.2. The van der Waals surface area contributed by atoms with E-state index in [-0.39, 0.29) is 30.8 Å².